The Bertz CT molecular complexity index is 682. The van der Waals surface area contributed by atoms with Gasteiger partial charge in [0, 0.05) is 0 Å². The molecule has 1 heteroatoms. The van der Waals surface area contributed by atoms with E-state index in [0.717, 1.165) is 31.6 Å². The molecule has 0 saturated carbocycles. The van der Waals surface area contributed by atoms with Crippen molar-refractivity contribution in [3.8, 4) is 5.75 Å². The molecule has 0 fully saturated rings. The molecular formula is C21H24O. The molecule has 3 rings (SSSR count). The van der Waals surface area contributed by atoms with Crippen LogP contribution in [0.5, 0.6) is 5.75 Å². The summed E-state index contributed by atoms with van der Waals surface area (Å²) < 4.78 is 5.95. The number of allylic oxidation sites excluding steroid dienone is 1. The van der Waals surface area contributed by atoms with Gasteiger partial charge in [-0.3, -0.25) is 0 Å². The highest BCUT2D eigenvalue weighted by Gasteiger charge is 2.16. The Hall–Kier alpha value is -2.02. The van der Waals surface area contributed by atoms with Gasteiger partial charge >= 0.3 is 0 Å². The predicted octanol–water partition coefficient (Wildman–Crippen LogP) is 5.42. The van der Waals surface area contributed by atoms with Crippen LogP contribution < -0.4 is 4.74 Å². The Morgan fingerprint density at radius 1 is 1.05 bits per heavy atom. The van der Waals surface area contributed by atoms with E-state index in [1.54, 1.807) is 0 Å². The van der Waals surface area contributed by atoms with E-state index in [1.165, 1.54) is 34.2 Å². The van der Waals surface area contributed by atoms with Gasteiger partial charge < -0.3 is 4.74 Å². The summed E-state index contributed by atoms with van der Waals surface area (Å²) in [7, 11) is 0. The number of unbranched alkanes of at least 4 members (excludes halogenated alkanes) is 1. The quantitative estimate of drug-likeness (QED) is 0.646. The van der Waals surface area contributed by atoms with Crippen LogP contribution >= 0.6 is 0 Å². The predicted molar refractivity (Wildman–Crippen MR) is 93.4 cm³/mol. The van der Waals surface area contributed by atoms with Crippen molar-refractivity contribution < 1.29 is 4.74 Å². The first-order valence-corrected chi connectivity index (χ1v) is 8.37. The van der Waals surface area contributed by atoms with Crippen LogP contribution in [0.3, 0.4) is 0 Å². The summed E-state index contributed by atoms with van der Waals surface area (Å²) in [4.78, 5) is 0. The molecular weight excluding hydrogens is 268 g/mol. The highest BCUT2D eigenvalue weighted by molar-refractivity contribution is 5.85. The van der Waals surface area contributed by atoms with Crippen LogP contribution in [-0.4, -0.2) is 6.61 Å². The summed E-state index contributed by atoms with van der Waals surface area (Å²) in [5.74, 6) is 1.01. The summed E-state index contributed by atoms with van der Waals surface area (Å²) in [5, 5.41) is 0. The fraction of sp³-hybridized carbons (Fsp3) is 0.333. The average molecular weight is 292 g/mol. The summed E-state index contributed by atoms with van der Waals surface area (Å²) in [6, 6.07) is 15.4. The number of hydrogen-bond acceptors (Lipinski definition) is 1. The maximum Gasteiger partial charge on any atom is 0.120 e. The first kappa shape index (κ1) is 14.9. The van der Waals surface area contributed by atoms with Crippen LogP contribution in [0.25, 0.3) is 5.57 Å². The van der Waals surface area contributed by atoms with E-state index in [4.69, 9.17) is 4.74 Å². The molecule has 0 aromatic heterocycles. The number of ether oxygens (including phenoxy) is 1. The van der Waals surface area contributed by atoms with Gasteiger partial charge in [-0.05, 0) is 59.2 Å². The van der Waals surface area contributed by atoms with Gasteiger partial charge in [0.1, 0.15) is 5.75 Å². The zero-order valence-electron chi connectivity index (χ0n) is 13.6. The normalized spacial score (nSPS) is 12.9. The second kappa shape index (κ2) is 6.83. The lowest BCUT2D eigenvalue weighted by molar-refractivity contribution is 0.309. The van der Waals surface area contributed by atoms with E-state index < -0.39 is 0 Å². The number of hydrogen-bond donors (Lipinski definition) is 0. The molecule has 1 nitrogen and oxygen atoms in total. The van der Waals surface area contributed by atoms with E-state index in [1.807, 2.05) is 0 Å². The van der Waals surface area contributed by atoms with E-state index in [2.05, 4.69) is 62.4 Å². The van der Waals surface area contributed by atoms with Crippen molar-refractivity contribution >= 4 is 5.57 Å². The van der Waals surface area contributed by atoms with Crippen molar-refractivity contribution in [2.45, 2.75) is 39.5 Å². The lowest BCUT2D eigenvalue weighted by atomic mass is 9.97. The first-order valence-electron chi connectivity index (χ1n) is 8.37. The lowest BCUT2D eigenvalue weighted by Crippen LogP contribution is -1.98. The van der Waals surface area contributed by atoms with Crippen LogP contribution in [0, 0.1) is 0 Å². The smallest absolute Gasteiger partial charge is 0.120 e. The number of aryl methyl sites for hydroxylation is 1. The molecule has 0 unspecified atom stereocenters. The highest BCUT2D eigenvalue weighted by atomic mass is 16.5. The van der Waals surface area contributed by atoms with Crippen LogP contribution in [0.4, 0.5) is 0 Å². The molecule has 2 aromatic rings. The molecule has 0 spiro atoms. The van der Waals surface area contributed by atoms with Crippen molar-refractivity contribution in [2.75, 3.05) is 6.61 Å². The Kier molecular flexibility index (Phi) is 4.62. The van der Waals surface area contributed by atoms with Crippen molar-refractivity contribution in [2.24, 2.45) is 0 Å². The van der Waals surface area contributed by atoms with Crippen LogP contribution in [0.15, 0.2) is 48.5 Å². The fourth-order valence-corrected chi connectivity index (χ4v) is 2.99. The summed E-state index contributed by atoms with van der Waals surface area (Å²) >= 11 is 0. The SMILES string of the molecule is CCCCOc1cc(CC)cc(C2=CCc3ccccc32)c1. The minimum atomic E-state index is 0.804. The van der Waals surface area contributed by atoms with E-state index >= 15 is 0 Å². The number of fused-ring (bicyclic) bond motifs is 1. The van der Waals surface area contributed by atoms with Gasteiger partial charge in [0.2, 0.25) is 0 Å². The van der Waals surface area contributed by atoms with Crippen molar-refractivity contribution in [3.63, 3.8) is 0 Å². The first-order chi connectivity index (χ1) is 10.8. The van der Waals surface area contributed by atoms with Crippen LogP contribution in [-0.2, 0) is 12.8 Å². The summed E-state index contributed by atoms with van der Waals surface area (Å²) in [6.45, 7) is 5.20. The molecule has 0 bridgehead atoms. The molecule has 114 valence electrons. The van der Waals surface area contributed by atoms with Crippen LogP contribution in [0.2, 0.25) is 0 Å². The maximum atomic E-state index is 5.95. The zero-order valence-corrected chi connectivity index (χ0v) is 13.6. The van der Waals surface area contributed by atoms with Gasteiger partial charge in [-0.25, -0.2) is 0 Å². The second-order valence-corrected chi connectivity index (χ2v) is 5.90. The van der Waals surface area contributed by atoms with E-state index in [0.29, 0.717) is 0 Å². The molecule has 0 aliphatic heterocycles. The standard InChI is InChI=1S/C21H24O/c1-3-5-12-22-19-14-16(4-2)13-18(15-19)21-11-10-17-8-6-7-9-20(17)21/h6-9,11,13-15H,3-5,10,12H2,1-2H3. The molecule has 22 heavy (non-hydrogen) atoms. The lowest BCUT2D eigenvalue weighted by Gasteiger charge is -2.12. The molecule has 0 heterocycles. The van der Waals surface area contributed by atoms with Crippen molar-refractivity contribution in [1.29, 1.82) is 0 Å². The van der Waals surface area contributed by atoms with Gasteiger partial charge in [0.25, 0.3) is 0 Å². The number of rotatable bonds is 6. The molecule has 0 atom stereocenters. The van der Waals surface area contributed by atoms with Crippen molar-refractivity contribution in [1.82, 2.24) is 0 Å². The zero-order chi connectivity index (χ0) is 15.4. The van der Waals surface area contributed by atoms with Gasteiger partial charge in [0.15, 0.2) is 0 Å². The van der Waals surface area contributed by atoms with Gasteiger partial charge in [-0.1, -0.05) is 56.7 Å². The molecule has 1 aliphatic carbocycles. The minimum absolute atomic E-state index is 0.804. The fourth-order valence-electron chi connectivity index (χ4n) is 2.99. The Labute approximate surface area is 133 Å². The molecule has 0 radical (unpaired) electrons. The van der Waals surface area contributed by atoms with Crippen LogP contribution in [0.1, 0.15) is 48.9 Å². The third kappa shape index (κ3) is 3.09. The second-order valence-electron chi connectivity index (χ2n) is 5.90. The topological polar surface area (TPSA) is 9.23 Å². The Morgan fingerprint density at radius 3 is 2.73 bits per heavy atom. The summed E-state index contributed by atoms with van der Waals surface area (Å²) in [6.07, 6.45) is 6.69. The largest absolute Gasteiger partial charge is 0.494 e. The Balaban J connectivity index is 1.92. The molecule has 0 saturated heterocycles. The molecule has 0 amide bonds. The molecule has 0 N–H and O–H groups in total. The third-order valence-electron chi connectivity index (χ3n) is 4.29. The van der Waals surface area contributed by atoms with E-state index in [9.17, 15) is 0 Å². The van der Waals surface area contributed by atoms with Gasteiger partial charge in [-0.2, -0.15) is 0 Å². The van der Waals surface area contributed by atoms with E-state index in [-0.39, 0.29) is 0 Å². The van der Waals surface area contributed by atoms with Gasteiger partial charge in [0.05, 0.1) is 6.61 Å². The highest BCUT2D eigenvalue weighted by Crippen LogP contribution is 2.34. The number of benzene rings is 2. The maximum absolute atomic E-state index is 5.95. The third-order valence-corrected chi connectivity index (χ3v) is 4.29. The summed E-state index contributed by atoms with van der Waals surface area (Å²) in [5.41, 5.74) is 6.78. The monoisotopic (exact) mass is 292 g/mol. The molecule has 1 aliphatic rings. The van der Waals surface area contributed by atoms with Crippen molar-refractivity contribution in [3.05, 3.63) is 70.8 Å². The minimum Gasteiger partial charge on any atom is -0.494 e. The van der Waals surface area contributed by atoms with Gasteiger partial charge in [-0.15, -0.1) is 0 Å². The Morgan fingerprint density at radius 2 is 1.91 bits per heavy atom. The molecule has 2 aromatic carbocycles. The average Bonchev–Trinajstić information content (AvgIpc) is 2.99.